The van der Waals surface area contributed by atoms with Crippen LogP contribution in [-0.4, -0.2) is 16.9 Å². The quantitative estimate of drug-likeness (QED) is 0.577. The van der Waals surface area contributed by atoms with Gasteiger partial charge in [-0.05, 0) is 23.5 Å². The molecule has 1 atom stereocenters. The summed E-state index contributed by atoms with van der Waals surface area (Å²) in [7, 11) is 0. The highest BCUT2D eigenvalue weighted by Crippen LogP contribution is 2.16. The van der Waals surface area contributed by atoms with E-state index in [0.29, 0.717) is 5.92 Å². The molecular weight excluding hydrogens is 240 g/mol. The van der Waals surface area contributed by atoms with Gasteiger partial charge in [-0.2, -0.15) is 0 Å². The largest absolute Gasteiger partial charge is 0.481 e. The van der Waals surface area contributed by atoms with Gasteiger partial charge in [0, 0.05) is 12.8 Å². The second-order valence-electron chi connectivity index (χ2n) is 5.04. The highest BCUT2D eigenvalue weighted by Gasteiger charge is 2.07. The van der Waals surface area contributed by atoms with Crippen LogP contribution < -0.4 is 5.73 Å². The van der Waals surface area contributed by atoms with Gasteiger partial charge in [0.2, 0.25) is 0 Å². The van der Waals surface area contributed by atoms with E-state index in [0.717, 1.165) is 18.9 Å². The minimum atomic E-state index is -0.833. The fourth-order valence-electron chi connectivity index (χ4n) is 1.59. The first-order valence-corrected chi connectivity index (χ1v) is 6.36. The molecule has 0 bridgehead atoms. The lowest BCUT2D eigenvalue weighted by Crippen LogP contribution is -2.17. The molecule has 0 aliphatic rings. The van der Waals surface area contributed by atoms with Gasteiger partial charge in [0.15, 0.2) is 0 Å². The Balaban J connectivity index is 0.000000711. The first kappa shape index (κ1) is 17.2. The third kappa shape index (κ3) is 7.97. The van der Waals surface area contributed by atoms with Crippen LogP contribution in [0, 0.1) is 11.3 Å². The summed E-state index contributed by atoms with van der Waals surface area (Å²) >= 11 is 0. The predicted molar refractivity (Wildman–Crippen MR) is 78.6 cm³/mol. The van der Waals surface area contributed by atoms with Crippen molar-refractivity contribution in [3.8, 4) is 0 Å². The van der Waals surface area contributed by atoms with Crippen LogP contribution in [0.3, 0.4) is 0 Å². The van der Waals surface area contributed by atoms with E-state index in [1.807, 2.05) is 6.92 Å². The zero-order chi connectivity index (χ0) is 15.0. The molecular formula is C15H24N2O2. The van der Waals surface area contributed by atoms with Gasteiger partial charge in [0.1, 0.15) is 0 Å². The lowest BCUT2D eigenvalue weighted by molar-refractivity contribution is -0.134. The topological polar surface area (TPSA) is 87.2 Å². The minimum Gasteiger partial charge on any atom is -0.481 e. The van der Waals surface area contributed by atoms with Crippen molar-refractivity contribution in [1.82, 2.24) is 0 Å². The molecule has 1 aromatic carbocycles. The molecule has 0 unspecified atom stereocenters. The number of hydrogen-bond donors (Lipinski definition) is 3. The smallest absolute Gasteiger partial charge is 0.300 e. The Morgan fingerprint density at radius 3 is 2.00 bits per heavy atom. The maximum Gasteiger partial charge on any atom is 0.300 e. The van der Waals surface area contributed by atoms with Crippen LogP contribution in [0.25, 0.3) is 0 Å². The van der Waals surface area contributed by atoms with Gasteiger partial charge in [-0.25, -0.2) is 0 Å². The number of nitrogens with two attached hydrogens (primary N) is 1. The average Bonchev–Trinajstić information content (AvgIpc) is 2.27. The Morgan fingerprint density at radius 2 is 1.68 bits per heavy atom. The first-order chi connectivity index (χ1) is 8.73. The minimum absolute atomic E-state index is 0.0260. The third-order valence-electron chi connectivity index (χ3n) is 2.59. The molecule has 0 aromatic heterocycles. The Labute approximate surface area is 115 Å². The maximum atomic E-state index is 9.00. The summed E-state index contributed by atoms with van der Waals surface area (Å²) in [5.41, 5.74) is 7.94. The molecule has 4 N–H and O–H groups in total. The number of nitrogens with one attached hydrogen (secondary N) is 1. The molecule has 19 heavy (non-hydrogen) atoms. The molecule has 0 saturated carbocycles. The van der Waals surface area contributed by atoms with Crippen molar-refractivity contribution in [2.24, 2.45) is 11.7 Å². The summed E-state index contributed by atoms with van der Waals surface area (Å²) in [4.78, 5) is 9.00. The fraction of sp³-hybridized carbons (Fsp3) is 0.467. The van der Waals surface area contributed by atoms with Crippen LogP contribution in [-0.2, 0) is 11.2 Å². The number of hydrogen-bond acceptors (Lipinski definition) is 2. The number of carboxylic acids is 1. The van der Waals surface area contributed by atoms with Crippen molar-refractivity contribution in [1.29, 1.82) is 5.41 Å². The van der Waals surface area contributed by atoms with Crippen LogP contribution in [0.15, 0.2) is 24.3 Å². The van der Waals surface area contributed by atoms with Gasteiger partial charge in [0.05, 0.1) is 5.84 Å². The summed E-state index contributed by atoms with van der Waals surface area (Å²) in [6.45, 7) is 7.47. The molecule has 106 valence electrons. The van der Waals surface area contributed by atoms with Crippen LogP contribution in [0.5, 0.6) is 0 Å². The zero-order valence-corrected chi connectivity index (χ0v) is 12.1. The van der Waals surface area contributed by atoms with Crippen molar-refractivity contribution in [2.75, 3.05) is 0 Å². The summed E-state index contributed by atoms with van der Waals surface area (Å²) < 4.78 is 0. The summed E-state index contributed by atoms with van der Waals surface area (Å²) in [6, 6.07) is 8.41. The normalized spacial score (nSPS) is 11.4. The SMILES string of the molecule is CC(=O)O.CC(C)Cc1ccc([C@@H](C)C(=N)N)cc1. The van der Waals surface area contributed by atoms with Gasteiger partial charge in [0.25, 0.3) is 5.97 Å². The molecule has 1 aromatic rings. The summed E-state index contributed by atoms with van der Waals surface area (Å²) in [5, 5.41) is 14.8. The van der Waals surface area contributed by atoms with E-state index in [1.165, 1.54) is 5.56 Å². The van der Waals surface area contributed by atoms with Gasteiger partial charge in [-0.15, -0.1) is 0 Å². The predicted octanol–water partition coefficient (Wildman–Crippen LogP) is 3.02. The Hall–Kier alpha value is -1.84. The van der Waals surface area contributed by atoms with E-state index < -0.39 is 5.97 Å². The molecule has 0 aliphatic heterocycles. The van der Waals surface area contributed by atoms with Gasteiger partial charge in [-0.3, -0.25) is 10.2 Å². The average molecular weight is 264 g/mol. The second kappa shape index (κ2) is 8.29. The number of carboxylic acid groups (broad SMARTS) is 1. The van der Waals surface area contributed by atoms with E-state index in [-0.39, 0.29) is 11.8 Å². The van der Waals surface area contributed by atoms with E-state index in [9.17, 15) is 0 Å². The molecule has 0 amide bonds. The highest BCUT2D eigenvalue weighted by atomic mass is 16.4. The summed E-state index contributed by atoms with van der Waals surface area (Å²) in [5.74, 6) is 0.103. The van der Waals surface area contributed by atoms with E-state index in [1.54, 1.807) is 0 Å². The fourth-order valence-corrected chi connectivity index (χ4v) is 1.59. The molecule has 0 saturated heterocycles. The maximum absolute atomic E-state index is 9.00. The van der Waals surface area contributed by atoms with E-state index in [2.05, 4.69) is 38.1 Å². The number of carbonyl (C=O) groups is 1. The number of aliphatic carboxylic acids is 1. The van der Waals surface area contributed by atoms with Crippen molar-refractivity contribution in [2.45, 2.75) is 40.0 Å². The lowest BCUT2D eigenvalue weighted by Gasteiger charge is -2.11. The lowest BCUT2D eigenvalue weighted by atomic mass is 9.96. The van der Waals surface area contributed by atoms with Crippen LogP contribution >= 0.6 is 0 Å². The Morgan fingerprint density at radius 1 is 1.26 bits per heavy atom. The monoisotopic (exact) mass is 264 g/mol. The highest BCUT2D eigenvalue weighted by molar-refractivity contribution is 5.84. The van der Waals surface area contributed by atoms with Crippen LogP contribution in [0.4, 0.5) is 0 Å². The summed E-state index contributed by atoms with van der Waals surface area (Å²) in [6.07, 6.45) is 1.11. The molecule has 0 fully saturated rings. The molecule has 4 nitrogen and oxygen atoms in total. The molecule has 0 aliphatic carbocycles. The molecule has 0 heterocycles. The third-order valence-corrected chi connectivity index (χ3v) is 2.59. The molecule has 0 radical (unpaired) electrons. The van der Waals surface area contributed by atoms with Crippen LogP contribution in [0.1, 0.15) is 44.7 Å². The van der Waals surface area contributed by atoms with Gasteiger partial charge >= 0.3 is 0 Å². The molecule has 0 spiro atoms. The van der Waals surface area contributed by atoms with Crippen molar-refractivity contribution in [3.63, 3.8) is 0 Å². The molecule has 1 rings (SSSR count). The van der Waals surface area contributed by atoms with E-state index >= 15 is 0 Å². The molecule has 4 heteroatoms. The standard InChI is InChI=1S/C13H20N2.C2H4O2/c1-9(2)8-11-4-6-12(7-5-11)10(3)13(14)15;1-2(3)4/h4-7,9-10H,8H2,1-3H3,(H3,14,15);1H3,(H,3,4)/t10-;/m1./s1. The van der Waals surface area contributed by atoms with Gasteiger partial charge < -0.3 is 10.8 Å². The second-order valence-corrected chi connectivity index (χ2v) is 5.04. The van der Waals surface area contributed by atoms with Gasteiger partial charge in [-0.1, -0.05) is 45.0 Å². The van der Waals surface area contributed by atoms with Crippen molar-refractivity contribution >= 4 is 11.8 Å². The van der Waals surface area contributed by atoms with Crippen molar-refractivity contribution < 1.29 is 9.90 Å². The number of benzene rings is 1. The first-order valence-electron chi connectivity index (χ1n) is 6.36. The van der Waals surface area contributed by atoms with Crippen LogP contribution in [0.2, 0.25) is 0 Å². The Bertz CT molecular complexity index is 407. The zero-order valence-electron chi connectivity index (χ0n) is 12.1. The Kier molecular flexibility index (Phi) is 7.49. The van der Waals surface area contributed by atoms with Crippen molar-refractivity contribution in [3.05, 3.63) is 35.4 Å². The van der Waals surface area contributed by atoms with E-state index in [4.69, 9.17) is 21.0 Å². The number of rotatable bonds is 4. The number of amidine groups is 1.